The molecule has 0 spiro atoms. The van der Waals surface area contributed by atoms with Crippen LogP contribution in [0.1, 0.15) is 53.4 Å². The number of benzene rings is 1. The molecular formula is C31H36ClFO9S. The van der Waals surface area contributed by atoms with Gasteiger partial charge < -0.3 is 14.6 Å². The molecule has 5 rings (SSSR count). The fourth-order valence-corrected chi connectivity index (χ4v) is 9.58. The molecule has 234 valence electrons. The average molecular weight is 639 g/mol. The molecular weight excluding hydrogens is 603 g/mol. The van der Waals surface area contributed by atoms with Crippen molar-refractivity contribution < 1.29 is 46.0 Å². The Morgan fingerprint density at radius 1 is 1.16 bits per heavy atom. The Hall–Kier alpha value is -2.60. The van der Waals surface area contributed by atoms with Crippen LogP contribution in [0.2, 0.25) is 5.02 Å². The predicted molar refractivity (Wildman–Crippen MR) is 153 cm³/mol. The summed E-state index contributed by atoms with van der Waals surface area (Å²) in [5.74, 6) is -3.08. The van der Waals surface area contributed by atoms with Crippen molar-refractivity contribution in [3.05, 3.63) is 53.1 Å². The van der Waals surface area contributed by atoms with Gasteiger partial charge in [-0.15, -0.1) is 0 Å². The van der Waals surface area contributed by atoms with Gasteiger partial charge in [0.2, 0.25) is 5.78 Å². The zero-order valence-electron chi connectivity index (χ0n) is 24.5. The van der Waals surface area contributed by atoms with E-state index in [4.69, 9.17) is 25.3 Å². The van der Waals surface area contributed by atoms with Gasteiger partial charge in [-0.05, 0) is 81.9 Å². The molecule has 43 heavy (non-hydrogen) atoms. The highest BCUT2D eigenvalue weighted by Gasteiger charge is 2.77. The second-order valence-electron chi connectivity index (χ2n) is 12.5. The van der Waals surface area contributed by atoms with Gasteiger partial charge in [0, 0.05) is 27.7 Å². The summed E-state index contributed by atoms with van der Waals surface area (Å²) in [7, 11) is -4.40. The summed E-state index contributed by atoms with van der Waals surface area (Å²) in [6, 6.07) is 5.21. The van der Waals surface area contributed by atoms with Crippen molar-refractivity contribution in [3.63, 3.8) is 0 Å². The Kier molecular flexibility index (Phi) is 7.98. The number of ether oxygens (including phenoxy) is 2. The normalized spacial score (nSPS) is 38.4. The van der Waals surface area contributed by atoms with E-state index in [0.29, 0.717) is 23.4 Å². The summed E-state index contributed by atoms with van der Waals surface area (Å²) in [6.07, 6.45) is 2.25. The van der Waals surface area contributed by atoms with Crippen molar-refractivity contribution in [1.82, 2.24) is 0 Å². The van der Waals surface area contributed by atoms with E-state index in [1.807, 2.05) is 0 Å². The van der Waals surface area contributed by atoms with E-state index < -0.39 is 74.6 Å². The highest BCUT2D eigenvalue weighted by Crippen LogP contribution is 2.71. The molecule has 1 aromatic rings. The summed E-state index contributed by atoms with van der Waals surface area (Å²) in [6.45, 7) is 5.61. The van der Waals surface area contributed by atoms with Gasteiger partial charge in [-0.1, -0.05) is 37.1 Å². The summed E-state index contributed by atoms with van der Waals surface area (Å²) in [4.78, 5) is 39.0. The van der Waals surface area contributed by atoms with Crippen LogP contribution in [0.15, 0.2) is 53.0 Å². The van der Waals surface area contributed by atoms with Gasteiger partial charge in [-0.3, -0.25) is 13.8 Å². The number of hydrogen-bond donors (Lipinski definition) is 1. The summed E-state index contributed by atoms with van der Waals surface area (Å²) < 4.78 is 59.5. The Labute approximate surface area is 255 Å². The first kappa shape index (κ1) is 31.8. The number of allylic oxidation sites excluding steroid dienone is 4. The monoisotopic (exact) mass is 638 g/mol. The number of Topliss-reactive ketones (excluding diaryl/α,β-unsaturated/α-hetero) is 1. The largest absolute Gasteiger partial charge is 0.509 e. The third-order valence-electron chi connectivity index (χ3n) is 10.5. The molecule has 4 aliphatic rings. The van der Waals surface area contributed by atoms with Gasteiger partial charge in [0.05, 0.1) is 17.6 Å². The second kappa shape index (κ2) is 10.8. The molecule has 3 saturated carbocycles. The van der Waals surface area contributed by atoms with E-state index in [0.717, 1.165) is 0 Å². The Bertz CT molecular complexity index is 1510. The minimum atomic E-state index is -4.40. The first-order valence-electron chi connectivity index (χ1n) is 14.4. The van der Waals surface area contributed by atoms with E-state index in [2.05, 4.69) is 0 Å². The van der Waals surface area contributed by atoms with Gasteiger partial charge in [0.15, 0.2) is 17.1 Å². The summed E-state index contributed by atoms with van der Waals surface area (Å²) >= 11 is 5.87. The van der Waals surface area contributed by atoms with Gasteiger partial charge in [-0.2, -0.15) is 8.42 Å². The number of aliphatic hydroxyl groups excluding tert-OH is 1. The molecule has 3 fully saturated rings. The number of ketones is 2. The zero-order valence-corrected chi connectivity index (χ0v) is 26.0. The molecule has 0 heterocycles. The van der Waals surface area contributed by atoms with E-state index in [9.17, 15) is 27.9 Å². The number of rotatable bonds is 7. The molecule has 0 saturated heterocycles. The van der Waals surface area contributed by atoms with Crippen LogP contribution in [0.25, 0.3) is 0 Å². The van der Waals surface area contributed by atoms with Gasteiger partial charge in [0.25, 0.3) is 10.1 Å². The van der Waals surface area contributed by atoms with E-state index in [-0.39, 0.29) is 30.1 Å². The number of alkyl halides is 1. The number of aliphatic hydroxyl groups is 1. The van der Waals surface area contributed by atoms with Crippen LogP contribution in [-0.4, -0.2) is 61.8 Å². The molecule has 0 aromatic heterocycles. The standard InChI is InChI=1S/C31H36ClFO9S/c1-5-40-27(37)42-31(26(36)17-41-43(38,39)22-9-7-20(32)8-10-22)18(2)14-24-23-11-6-19-15-21(34)12-13-28(19,3)30(23,33)25(35)16-29(24,31)4/h7-10,12-13,15,18,23-25,35H,5-6,11,14,16-17H2,1-4H3/t18-,23+,24+,25+,28+,29+,30+,31+/m1/s1. The zero-order chi connectivity index (χ0) is 31.6. The van der Waals surface area contributed by atoms with Crippen LogP contribution in [0.4, 0.5) is 9.18 Å². The van der Waals surface area contributed by atoms with Crippen LogP contribution in [0, 0.1) is 28.6 Å². The second-order valence-corrected chi connectivity index (χ2v) is 14.6. The highest BCUT2D eigenvalue weighted by molar-refractivity contribution is 7.86. The molecule has 4 aliphatic carbocycles. The Morgan fingerprint density at radius 2 is 1.84 bits per heavy atom. The molecule has 0 aliphatic heterocycles. The van der Waals surface area contributed by atoms with E-state index in [1.165, 1.54) is 42.5 Å². The molecule has 12 heteroatoms. The number of carbonyl (C=O) groups is 3. The molecule has 0 amide bonds. The topological polar surface area (TPSA) is 133 Å². The van der Waals surface area contributed by atoms with Crippen molar-refractivity contribution in [2.75, 3.05) is 13.2 Å². The number of carbonyl (C=O) groups excluding carboxylic acids is 3. The quantitative estimate of drug-likeness (QED) is 0.318. The Morgan fingerprint density at radius 3 is 2.49 bits per heavy atom. The predicted octanol–water partition coefficient (Wildman–Crippen LogP) is 5.14. The third-order valence-corrected chi connectivity index (χ3v) is 12.1. The lowest BCUT2D eigenvalue weighted by Crippen LogP contribution is -2.70. The fraction of sp³-hybridized carbons (Fsp3) is 0.581. The maximum atomic E-state index is 17.6. The van der Waals surface area contributed by atoms with Crippen LogP contribution >= 0.6 is 11.6 Å². The average Bonchev–Trinajstić information content (AvgIpc) is 3.15. The molecule has 8 atom stereocenters. The van der Waals surface area contributed by atoms with Crippen LogP contribution in [0.5, 0.6) is 0 Å². The van der Waals surface area contributed by atoms with Gasteiger partial charge in [-0.25, -0.2) is 9.18 Å². The third kappa shape index (κ3) is 4.60. The smallest absolute Gasteiger partial charge is 0.435 e. The van der Waals surface area contributed by atoms with Gasteiger partial charge in [0.1, 0.15) is 6.61 Å². The van der Waals surface area contributed by atoms with E-state index >= 15 is 4.39 Å². The maximum Gasteiger partial charge on any atom is 0.509 e. The van der Waals surface area contributed by atoms with Crippen molar-refractivity contribution in [3.8, 4) is 0 Å². The lowest BCUT2D eigenvalue weighted by atomic mass is 9.44. The van der Waals surface area contributed by atoms with Crippen LogP contribution in [0.3, 0.4) is 0 Å². The lowest BCUT2D eigenvalue weighted by Gasteiger charge is -2.62. The number of hydrogen-bond acceptors (Lipinski definition) is 9. The fourth-order valence-electron chi connectivity index (χ4n) is 8.59. The number of fused-ring (bicyclic) bond motifs is 5. The first-order chi connectivity index (χ1) is 20.1. The lowest BCUT2D eigenvalue weighted by molar-refractivity contribution is -0.221. The molecule has 9 nitrogen and oxygen atoms in total. The van der Waals surface area contributed by atoms with Crippen molar-refractivity contribution in [1.29, 1.82) is 0 Å². The molecule has 1 aromatic carbocycles. The Balaban J connectivity index is 1.54. The van der Waals surface area contributed by atoms with Crippen LogP contribution < -0.4 is 0 Å². The molecule has 0 unspecified atom stereocenters. The number of halogens is 2. The van der Waals surface area contributed by atoms with Crippen molar-refractivity contribution in [2.45, 2.75) is 75.6 Å². The molecule has 1 N–H and O–H groups in total. The van der Waals surface area contributed by atoms with Crippen molar-refractivity contribution in [2.24, 2.45) is 28.6 Å². The summed E-state index contributed by atoms with van der Waals surface area (Å²) in [5.41, 5.74) is -6.11. The minimum absolute atomic E-state index is 0.0452. The summed E-state index contributed by atoms with van der Waals surface area (Å²) in [5, 5.41) is 12.0. The SMILES string of the molecule is CCOC(=O)O[C@]1(C(=O)COS(=O)(=O)c2ccc(Cl)cc2)[C@H](C)C[C@H]2[C@@H]3CCC4=CC(=O)C=C[C@]4(C)[C@@]3(F)[C@@H](O)C[C@@]21C. The first-order valence-corrected chi connectivity index (χ1v) is 16.2. The maximum absolute atomic E-state index is 17.6. The molecule has 0 bridgehead atoms. The highest BCUT2D eigenvalue weighted by atomic mass is 35.5. The van der Waals surface area contributed by atoms with E-state index in [1.54, 1.807) is 27.7 Å². The van der Waals surface area contributed by atoms with Crippen molar-refractivity contribution >= 4 is 39.4 Å². The van der Waals surface area contributed by atoms with Crippen LogP contribution in [-0.2, 0) is 33.4 Å². The minimum Gasteiger partial charge on any atom is -0.435 e. The van der Waals surface area contributed by atoms with Gasteiger partial charge >= 0.3 is 6.16 Å². The molecule has 0 radical (unpaired) electrons.